The van der Waals surface area contributed by atoms with Crippen molar-refractivity contribution < 1.29 is 4.79 Å². The van der Waals surface area contributed by atoms with Crippen molar-refractivity contribution in [3.8, 4) is 0 Å². The van der Waals surface area contributed by atoms with Crippen molar-refractivity contribution in [2.75, 3.05) is 5.32 Å². The van der Waals surface area contributed by atoms with Gasteiger partial charge in [-0.15, -0.1) is 0 Å². The molecular weight excluding hydrogens is 424 g/mol. The number of hydrogen-bond acceptors (Lipinski definition) is 4. The molecule has 1 aromatic carbocycles. The molecule has 0 aliphatic carbocycles. The van der Waals surface area contributed by atoms with Gasteiger partial charge >= 0.3 is 0 Å². The summed E-state index contributed by atoms with van der Waals surface area (Å²) in [5.41, 5.74) is 4.79. The van der Waals surface area contributed by atoms with Gasteiger partial charge in [0.15, 0.2) is 11.5 Å². The molecule has 4 rings (SSSR count). The Labute approximate surface area is 192 Å². The summed E-state index contributed by atoms with van der Waals surface area (Å²) in [6.45, 7) is 9.22. The van der Waals surface area contributed by atoms with Gasteiger partial charge in [0.25, 0.3) is 5.91 Å². The molecule has 1 amide bonds. The minimum absolute atomic E-state index is 0.221. The van der Waals surface area contributed by atoms with Crippen LogP contribution in [0.3, 0.4) is 0 Å². The first kappa shape index (κ1) is 22.0. The number of benzene rings is 1. The normalized spacial score (nSPS) is 11.3. The Hall–Kier alpha value is -3.19. The third-order valence-electron chi connectivity index (χ3n) is 5.47. The molecule has 7 nitrogen and oxygen atoms in total. The number of unbranched alkanes of at least 4 members (excludes halogenated alkanes) is 1. The van der Waals surface area contributed by atoms with Gasteiger partial charge in [-0.2, -0.15) is 10.2 Å². The number of nitrogens with zero attached hydrogens (tertiary/aromatic N) is 5. The predicted octanol–water partition coefficient (Wildman–Crippen LogP) is 5.31. The van der Waals surface area contributed by atoms with Crippen LogP contribution in [0.1, 0.15) is 52.8 Å². The Kier molecular flexibility index (Phi) is 6.28. The molecule has 0 saturated heterocycles. The number of carbonyl (C=O) groups is 1. The Morgan fingerprint density at radius 1 is 1.09 bits per heavy atom. The zero-order valence-corrected chi connectivity index (χ0v) is 19.6. The average molecular weight is 451 g/mol. The zero-order valence-electron chi connectivity index (χ0n) is 18.8. The quantitative estimate of drug-likeness (QED) is 0.414. The molecule has 0 fully saturated rings. The summed E-state index contributed by atoms with van der Waals surface area (Å²) in [5.74, 6) is 0.277. The van der Waals surface area contributed by atoms with Crippen LogP contribution in [-0.2, 0) is 13.1 Å². The zero-order chi connectivity index (χ0) is 22.8. The van der Waals surface area contributed by atoms with Crippen LogP contribution in [0.25, 0.3) is 11.0 Å². The van der Waals surface area contributed by atoms with Crippen LogP contribution in [0.5, 0.6) is 0 Å². The van der Waals surface area contributed by atoms with Crippen molar-refractivity contribution >= 4 is 34.4 Å². The van der Waals surface area contributed by atoms with Gasteiger partial charge in [-0.05, 0) is 44.9 Å². The van der Waals surface area contributed by atoms with Gasteiger partial charge in [-0.3, -0.25) is 9.48 Å². The lowest BCUT2D eigenvalue weighted by Gasteiger charge is -2.07. The second-order valence-electron chi connectivity index (χ2n) is 8.05. The van der Waals surface area contributed by atoms with Crippen molar-refractivity contribution in [3.05, 3.63) is 69.6 Å². The SMILES string of the molecule is CCCCn1nc(C)c2c(C(=O)Nc3cc(C)n(Cc4ccccc4Cl)n3)cc(C)nc21. The van der Waals surface area contributed by atoms with Crippen LogP contribution >= 0.6 is 11.6 Å². The van der Waals surface area contributed by atoms with E-state index in [0.29, 0.717) is 22.9 Å². The van der Waals surface area contributed by atoms with Crippen molar-refractivity contribution in [2.45, 2.75) is 53.6 Å². The maximum atomic E-state index is 13.2. The minimum atomic E-state index is -0.221. The highest BCUT2D eigenvalue weighted by Crippen LogP contribution is 2.24. The molecule has 166 valence electrons. The number of carbonyl (C=O) groups excluding carboxylic acids is 1. The number of hydrogen-bond donors (Lipinski definition) is 1. The van der Waals surface area contributed by atoms with E-state index in [-0.39, 0.29) is 5.91 Å². The fourth-order valence-electron chi connectivity index (χ4n) is 3.82. The van der Waals surface area contributed by atoms with Crippen molar-refractivity contribution in [3.63, 3.8) is 0 Å². The van der Waals surface area contributed by atoms with Crippen molar-refractivity contribution in [1.29, 1.82) is 0 Å². The van der Waals surface area contributed by atoms with Crippen LogP contribution in [0.2, 0.25) is 5.02 Å². The fraction of sp³-hybridized carbons (Fsp3) is 0.333. The molecule has 0 unspecified atom stereocenters. The van der Waals surface area contributed by atoms with Gasteiger partial charge in [0.1, 0.15) is 0 Å². The Bertz CT molecular complexity index is 1290. The first-order valence-electron chi connectivity index (χ1n) is 10.8. The summed E-state index contributed by atoms with van der Waals surface area (Å²) in [7, 11) is 0. The highest BCUT2D eigenvalue weighted by molar-refractivity contribution is 6.31. The second kappa shape index (κ2) is 9.12. The summed E-state index contributed by atoms with van der Waals surface area (Å²) >= 11 is 6.29. The van der Waals surface area contributed by atoms with Gasteiger partial charge in [0.2, 0.25) is 0 Å². The number of aromatic nitrogens is 5. The summed E-state index contributed by atoms with van der Waals surface area (Å²) in [4.78, 5) is 17.9. The molecule has 0 spiro atoms. The molecule has 3 aromatic heterocycles. The van der Waals surface area contributed by atoms with E-state index in [4.69, 9.17) is 11.6 Å². The van der Waals surface area contributed by atoms with Crippen LogP contribution < -0.4 is 5.32 Å². The molecule has 0 aliphatic heterocycles. The van der Waals surface area contributed by atoms with Crippen LogP contribution in [0, 0.1) is 20.8 Å². The summed E-state index contributed by atoms with van der Waals surface area (Å²) < 4.78 is 3.73. The Balaban J connectivity index is 1.62. The molecule has 0 atom stereocenters. The number of aryl methyl sites for hydroxylation is 4. The van der Waals surface area contributed by atoms with Gasteiger partial charge in [-0.25, -0.2) is 9.67 Å². The monoisotopic (exact) mass is 450 g/mol. The third kappa shape index (κ3) is 4.39. The second-order valence-corrected chi connectivity index (χ2v) is 8.45. The van der Waals surface area contributed by atoms with Crippen LogP contribution in [0.4, 0.5) is 5.82 Å². The number of fused-ring (bicyclic) bond motifs is 1. The third-order valence-corrected chi connectivity index (χ3v) is 5.84. The molecule has 8 heteroatoms. The van der Waals surface area contributed by atoms with Crippen LogP contribution in [0.15, 0.2) is 36.4 Å². The summed E-state index contributed by atoms with van der Waals surface area (Å²) in [6.07, 6.45) is 2.07. The number of amides is 1. The van der Waals surface area contributed by atoms with E-state index in [0.717, 1.165) is 53.1 Å². The average Bonchev–Trinajstić information content (AvgIpc) is 3.26. The van der Waals surface area contributed by atoms with E-state index >= 15 is 0 Å². The van der Waals surface area contributed by atoms with Gasteiger partial charge in [0.05, 0.1) is 23.2 Å². The molecule has 0 radical (unpaired) electrons. The first-order valence-corrected chi connectivity index (χ1v) is 11.2. The van der Waals surface area contributed by atoms with Crippen molar-refractivity contribution in [1.82, 2.24) is 24.5 Å². The fourth-order valence-corrected chi connectivity index (χ4v) is 4.02. The number of halogens is 1. The van der Waals surface area contributed by atoms with Crippen molar-refractivity contribution in [2.24, 2.45) is 0 Å². The maximum Gasteiger partial charge on any atom is 0.257 e. The standard InChI is InChI=1S/C24H27ClN6O/c1-5-6-11-30-23-22(17(4)28-30)19(12-15(2)26-23)24(32)27-21-13-16(3)31(29-21)14-18-9-7-8-10-20(18)25/h7-10,12-13H,5-6,11,14H2,1-4H3,(H,27,29,32). The van der Waals surface area contributed by atoms with Gasteiger partial charge in [-0.1, -0.05) is 43.1 Å². The molecule has 0 aliphatic rings. The lowest BCUT2D eigenvalue weighted by molar-refractivity contribution is 0.102. The lowest BCUT2D eigenvalue weighted by Crippen LogP contribution is -2.14. The molecule has 4 aromatic rings. The van der Waals surface area contributed by atoms with E-state index in [1.807, 2.05) is 66.5 Å². The van der Waals surface area contributed by atoms with E-state index in [9.17, 15) is 4.79 Å². The predicted molar refractivity (Wildman–Crippen MR) is 127 cm³/mol. The highest BCUT2D eigenvalue weighted by atomic mass is 35.5. The van der Waals surface area contributed by atoms with Gasteiger partial charge < -0.3 is 5.32 Å². The van der Waals surface area contributed by atoms with E-state index < -0.39 is 0 Å². The number of rotatable bonds is 7. The molecule has 0 bridgehead atoms. The summed E-state index contributed by atoms with van der Waals surface area (Å²) in [6, 6.07) is 11.3. The van der Waals surface area contributed by atoms with E-state index in [2.05, 4.69) is 27.4 Å². The maximum absolute atomic E-state index is 13.2. The summed E-state index contributed by atoms with van der Waals surface area (Å²) in [5, 5.41) is 13.6. The van der Waals surface area contributed by atoms with Crippen LogP contribution in [-0.4, -0.2) is 30.5 Å². The molecule has 3 heterocycles. The topological polar surface area (TPSA) is 77.6 Å². The number of anilines is 1. The van der Waals surface area contributed by atoms with E-state index in [1.165, 1.54) is 0 Å². The molecule has 32 heavy (non-hydrogen) atoms. The van der Waals surface area contributed by atoms with Gasteiger partial charge in [0, 0.05) is 29.0 Å². The van der Waals surface area contributed by atoms with E-state index in [1.54, 1.807) is 0 Å². The Morgan fingerprint density at radius 2 is 1.88 bits per heavy atom. The molecule has 1 N–H and O–H groups in total. The minimum Gasteiger partial charge on any atom is -0.305 e. The highest BCUT2D eigenvalue weighted by Gasteiger charge is 2.20. The smallest absolute Gasteiger partial charge is 0.257 e. The molecule has 0 saturated carbocycles. The molecular formula is C24H27ClN6O. The lowest BCUT2D eigenvalue weighted by atomic mass is 10.1. The Morgan fingerprint density at radius 3 is 2.62 bits per heavy atom. The number of nitrogens with one attached hydrogen (secondary N) is 1. The number of pyridine rings is 1. The largest absolute Gasteiger partial charge is 0.305 e. The first-order chi connectivity index (χ1) is 15.4.